The normalized spacial score (nSPS) is 18.5. The molecule has 0 radical (unpaired) electrons. The Balaban J connectivity index is 1.65. The maximum atomic E-state index is 11.6. The lowest BCUT2D eigenvalue weighted by molar-refractivity contribution is -0.153. The van der Waals surface area contributed by atoms with Crippen molar-refractivity contribution in [1.82, 2.24) is 0 Å². The lowest BCUT2D eigenvalue weighted by Crippen LogP contribution is -2.23. The first-order chi connectivity index (χ1) is 10.3. The van der Waals surface area contributed by atoms with Crippen LogP contribution in [0.1, 0.15) is 63.0 Å². The maximum absolute atomic E-state index is 11.6. The van der Waals surface area contributed by atoms with Crippen LogP contribution in [0.25, 0.3) is 0 Å². The molecule has 0 aromatic heterocycles. The third kappa shape index (κ3) is 5.53. The predicted molar refractivity (Wildman–Crippen MR) is 86.3 cm³/mol. The van der Waals surface area contributed by atoms with E-state index in [0.29, 0.717) is 6.61 Å². The summed E-state index contributed by atoms with van der Waals surface area (Å²) in [5.41, 5.74) is 2.87. The van der Waals surface area contributed by atoms with Gasteiger partial charge in [0.2, 0.25) is 0 Å². The SMILES string of the molecule is CCCCc1ccc(CCCCC2CCCOC2=O)cc1. The van der Waals surface area contributed by atoms with Crippen molar-refractivity contribution in [2.45, 2.75) is 64.7 Å². The van der Waals surface area contributed by atoms with Gasteiger partial charge < -0.3 is 4.74 Å². The zero-order valence-electron chi connectivity index (χ0n) is 13.3. The van der Waals surface area contributed by atoms with Crippen molar-refractivity contribution < 1.29 is 9.53 Å². The Kier molecular flexibility index (Phi) is 6.78. The van der Waals surface area contributed by atoms with Gasteiger partial charge in [0.1, 0.15) is 0 Å². The van der Waals surface area contributed by atoms with E-state index in [4.69, 9.17) is 4.74 Å². The van der Waals surface area contributed by atoms with Gasteiger partial charge in [-0.1, -0.05) is 44.0 Å². The van der Waals surface area contributed by atoms with Gasteiger partial charge in [0, 0.05) is 0 Å². The second-order valence-corrected chi connectivity index (χ2v) is 6.17. The Bertz CT molecular complexity index is 422. The van der Waals surface area contributed by atoms with Crippen LogP contribution in [0, 0.1) is 5.92 Å². The molecule has 2 rings (SSSR count). The summed E-state index contributed by atoms with van der Waals surface area (Å²) in [6.45, 7) is 2.86. The summed E-state index contributed by atoms with van der Waals surface area (Å²) in [4.78, 5) is 11.6. The molecule has 1 aliphatic heterocycles. The Morgan fingerprint density at radius 1 is 1.05 bits per heavy atom. The number of unbranched alkanes of at least 4 members (excludes halogenated alkanes) is 2. The molecule has 1 unspecified atom stereocenters. The van der Waals surface area contributed by atoms with Crippen molar-refractivity contribution in [1.29, 1.82) is 0 Å². The zero-order chi connectivity index (χ0) is 14.9. The van der Waals surface area contributed by atoms with Crippen LogP contribution in [-0.4, -0.2) is 12.6 Å². The number of aryl methyl sites for hydroxylation is 2. The number of cyclic esters (lactones) is 1. The molecule has 0 bridgehead atoms. The fourth-order valence-electron chi connectivity index (χ4n) is 2.97. The summed E-state index contributed by atoms with van der Waals surface area (Å²) in [5, 5.41) is 0. The van der Waals surface area contributed by atoms with Crippen LogP contribution in [0.3, 0.4) is 0 Å². The summed E-state index contributed by atoms with van der Waals surface area (Å²) in [6.07, 6.45) is 10.2. The molecule has 116 valence electrons. The van der Waals surface area contributed by atoms with Gasteiger partial charge in [-0.2, -0.15) is 0 Å². The van der Waals surface area contributed by atoms with Gasteiger partial charge in [-0.3, -0.25) is 4.79 Å². The summed E-state index contributed by atoms with van der Waals surface area (Å²) in [7, 11) is 0. The molecule has 1 fully saturated rings. The molecule has 0 spiro atoms. The fraction of sp³-hybridized carbons (Fsp3) is 0.632. The summed E-state index contributed by atoms with van der Waals surface area (Å²) in [5.74, 6) is 0.191. The third-order valence-corrected chi connectivity index (χ3v) is 4.38. The van der Waals surface area contributed by atoms with E-state index in [1.165, 1.54) is 30.4 Å². The van der Waals surface area contributed by atoms with Crippen molar-refractivity contribution in [3.63, 3.8) is 0 Å². The van der Waals surface area contributed by atoms with Gasteiger partial charge in [-0.25, -0.2) is 0 Å². The van der Waals surface area contributed by atoms with Gasteiger partial charge in [0.15, 0.2) is 0 Å². The molecule has 0 amide bonds. The fourth-order valence-corrected chi connectivity index (χ4v) is 2.97. The first-order valence-electron chi connectivity index (χ1n) is 8.54. The summed E-state index contributed by atoms with van der Waals surface area (Å²) in [6, 6.07) is 9.06. The standard InChI is InChI=1S/C19H28O2/c1-2-3-7-16-11-13-17(14-12-16)8-4-5-9-18-10-6-15-21-19(18)20/h11-14,18H,2-10,15H2,1H3. The van der Waals surface area contributed by atoms with Gasteiger partial charge in [0.05, 0.1) is 12.5 Å². The number of ether oxygens (including phenoxy) is 1. The van der Waals surface area contributed by atoms with Gasteiger partial charge in [-0.15, -0.1) is 0 Å². The van der Waals surface area contributed by atoms with Crippen LogP contribution in [0.15, 0.2) is 24.3 Å². The Hall–Kier alpha value is -1.31. The molecule has 0 aliphatic carbocycles. The molecular weight excluding hydrogens is 260 g/mol. The molecule has 1 saturated heterocycles. The minimum atomic E-state index is 0.0292. The van der Waals surface area contributed by atoms with E-state index < -0.39 is 0 Å². The van der Waals surface area contributed by atoms with E-state index in [0.717, 1.165) is 38.5 Å². The van der Waals surface area contributed by atoms with Crippen molar-refractivity contribution in [3.8, 4) is 0 Å². The van der Waals surface area contributed by atoms with E-state index >= 15 is 0 Å². The predicted octanol–water partition coefficient (Wildman–Crippen LogP) is 4.70. The van der Waals surface area contributed by atoms with Gasteiger partial charge in [-0.05, 0) is 56.1 Å². The Labute approximate surface area is 128 Å². The number of rotatable bonds is 8. The van der Waals surface area contributed by atoms with Gasteiger partial charge in [0.25, 0.3) is 0 Å². The van der Waals surface area contributed by atoms with Crippen LogP contribution < -0.4 is 0 Å². The van der Waals surface area contributed by atoms with Crippen LogP contribution in [0.2, 0.25) is 0 Å². The highest BCUT2D eigenvalue weighted by Gasteiger charge is 2.22. The monoisotopic (exact) mass is 288 g/mol. The number of carbonyl (C=O) groups excluding carboxylic acids is 1. The molecule has 21 heavy (non-hydrogen) atoms. The summed E-state index contributed by atoms with van der Waals surface area (Å²) < 4.78 is 5.11. The molecule has 1 aliphatic rings. The average Bonchev–Trinajstić information content (AvgIpc) is 2.52. The highest BCUT2D eigenvalue weighted by molar-refractivity contribution is 5.72. The van der Waals surface area contributed by atoms with E-state index in [-0.39, 0.29) is 11.9 Å². The second-order valence-electron chi connectivity index (χ2n) is 6.17. The van der Waals surface area contributed by atoms with E-state index in [2.05, 4.69) is 31.2 Å². The number of benzene rings is 1. The number of hydrogen-bond acceptors (Lipinski definition) is 2. The Morgan fingerprint density at radius 2 is 1.71 bits per heavy atom. The molecule has 2 nitrogen and oxygen atoms in total. The van der Waals surface area contributed by atoms with Crippen LogP contribution in [0.4, 0.5) is 0 Å². The highest BCUT2D eigenvalue weighted by Crippen LogP contribution is 2.21. The highest BCUT2D eigenvalue weighted by atomic mass is 16.5. The van der Waals surface area contributed by atoms with Crippen molar-refractivity contribution in [2.75, 3.05) is 6.61 Å². The quantitative estimate of drug-likeness (QED) is 0.512. The first-order valence-corrected chi connectivity index (χ1v) is 8.54. The molecular formula is C19H28O2. The first kappa shape index (κ1) is 16.1. The van der Waals surface area contributed by atoms with E-state index in [1.54, 1.807) is 0 Å². The molecule has 0 saturated carbocycles. The second kappa shape index (κ2) is 8.86. The van der Waals surface area contributed by atoms with Crippen molar-refractivity contribution in [2.24, 2.45) is 5.92 Å². The molecule has 1 aromatic carbocycles. The molecule has 2 heteroatoms. The van der Waals surface area contributed by atoms with Crippen LogP contribution in [-0.2, 0) is 22.4 Å². The Morgan fingerprint density at radius 3 is 2.33 bits per heavy atom. The van der Waals surface area contributed by atoms with Gasteiger partial charge >= 0.3 is 5.97 Å². The number of carbonyl (C=O) groups is 1. The number of esters is 1. The zero-order valence-corrected chi connectivity index (χ0v) is 13.3. The van der Waals surface area contributed by atoms with E-state index in [9.17, 15) is 4.79 Å². The molecule has 1 atom stereocenters. The molecule has 0 N–H and O–H groups in total. The minimum absolute atomic E-state index is 0.0292. The van der Waals surface area contributed by atoms with Crippen LogP contribution in [0.5, 0.6) is 0 Å². The molecule has 1 heterocycles. The maximum Gasteiger partial charge on any atom is 0.308 e. The van der Waals surface area contributed by atoms with Crippen molar-refractivity contribution in [3.05, 3.63) is 35.4 Å². The smallest absolute Gasteiger partial charge is 0.308 e. The topological polar surface area (TPSA) is 26.3 Å². The summed E-state index contributed by atoms with van der Waals surface area (Å²) >= 11 is 0. The minimum Gasteiger partial charge on any atom is -0.465 e. The van der Waals surface area contributed by atoms with E-state index in [1.807, 2.05) is 0 Å². The van der Waals surface area contributed by atoms with Crippen molar-refractivity contribution >= 4 is 5.97 Å². The lowest BCUT2D eigenvalue weighted by atomic mass is 9.94. The lowest BCUT2D eigenvalue weighted by Gasteiger charge is -2.20. The van der Waals surface area contributed by atoms with Crippen LogP contribution >= 0.6 is 0 Å². The number of hydrogen-bond donors (Lipinski definition) is 0. The third-order valence-electron chi connectivity index (χ3n) is 4.38. The average molecular weight is 288 g/mol. The molecule has 1 aromatic rings. The largest absolute Gasteiger partial charge is 0.465 e.